The van der Waals surface area contributed by atoms with E-state index < -0.39 is 24.6 Å². The van der Waals surface area contributed by atoms with E-state index in [2.05, 4.69) is 10.5 Å². The zero-order valence-corrected chi connectivity index (χ0v) is 16.4. The first kappa shape index (κ1) is 20.7. The van der Waals surface area contributed by atoms with Gasteiger partial charge in [-0.25, -0.2) is 4.79 Å². The number of esters is 1. The third-order valence-electron chi connectivity index (χ3n) is 4.16. The van der Waals surface area contributed by atoms with Gasteiger partial charge in [0.2, 0.25) is 13.4 Å². The van der Waals surface area contributed by atoms with Crippen LogP contribution in [0.2, 0.25) is 0 Å². The first-order valence-corrected chi connectivity index (χ1v) is 9.04. The van der Waals surface area contributed by atoms with E-state index in [-0.39, 0.29) is 6.79 Å². The first-order chi connectivity index (χ1) is 14.5. The van der Waals surface area contributed by atoms with Crippen molar-refractivity contribution in [1.82, 2.24) is 0 Å². The van der Waals surface area contributed by atoms with Crippen LogP contribution >= 0.6 is 0 Å². The van der Waals surface area contributed by atoms with Crippen molar-refractivity contribution < 1.29 is 28.6 Å². The maximum atomic E-state index is 12.2. The molecule has 30 heavy (non-hydrogen) atoms. The monoisotopic (exact) mass is 409 g/mol. The van der Waals surface area contributed by atoms with E-state index in [1.54, 1.807) is 49.4 Å². The molecule has 0 aromatic heterocycles. The predicted molar refractivity (Wildman–Crippen MR) is 106 cm³/mol. The molecule has 1 atom stereocenters. The highest BCUT2D eigenvalue weighted by Crippen LogP contribution is 2.32. The van der Waals surface area contributed by atoms with Crippen molar-refractivity contribution in [3.05, 3.63) is 53.6 Å². The minimum absolute atomic E-state index is 0.172. The molecule has 2 aromatic rings. The molecular weight excluding hydrogens is 390 g/mol. The number of amides is 1. The molecular formula is C21H19N3O6. The van der Waals surface area contributed by atoms with Crippen LogP contribution in [0.4, 0.5) is 5.69 Å². The zero-order valence-electron chi connectivity index (χ0n) is 16.4. The fraction of sp³-hybridized carbons (Fsp3) is 0.238. The van der Waals surface area contributed by atoms with E-state index in [1.807, 2.05) is 6.07 Å². The van der Waals surface area contributed by atoms with E-state index in [0.29, 0.717) is 28.5 Å². The van der Waals surface area contributed by atoms with E-state index in [4.69, 9.17) is 24.3 Å². The predicted octanol–water partition coefficient (Wildman–Crippen LogP) is 2.60. The summed E-state index contributed by atoms with van der Waals surface area (Å²) < 4.78 is 15.6. The fourth-order valence-electron chi connectivity index (χ4n) is 2.56. The van der Waals surface area contributed by atoms with Crippen LogP contribution in [0.15, 0.2) is 47.6 Å². The van der Waals surface area contributed by atoms with Gasteiger partial charge in [-0.1, -0.05) is 17.3 Å². The molecule has 1 amide bonds. The largest absolute Gasteiger partial charge is 0.454 e. The maximum absolute atomic E-state index is 12.2. The second-order valence-corrected chi connectivity index (χ2v) is 6.30. The summed E-state index contributed by atoms with van der Waals surface area (Å²) in [6.07, 6.45) is -1.08. The first-order valence-electron chi connectivity index (χ1n) is 9.04. The summed E-state index contributed by atoms with van der Waals surface area (Å²) in [6.45, 7) is 2.84. The Morgan fingerprint density at radius 3 is 2.80 bits per heavy atom. The number of nitrogens with one attached hydrogen (secondary N) is 1. The number of benzene rings is 2. The molecule has 0 saturated heterocycles. The van der Waals surface area contributed by atoms with Crippen LogP contribution in [0.25, 0.3) is 0 Å². The second kappa shape index (κ2) is 9.43. The van der Waals surface area contributed by atoms with Crippen LogP contribution in [0, 0.1) is 11.3 Å². The number of fused-ring (bicyclic) bond motifs is 1. The number of hydrogen-bond donors (Lipinski definition) is 1. The molecule has 1 heterocycles. The van der Waals surface area contributed by atoms with Crippen LogP contribution in [-0.4, -0.2) is 37.1 Å². The van der Waals surface area contributed by atoms with Gasteiger partial charge in [0.1, 0.15) is 6.07 Å². The molecule has 1 aliphatic heterocycles. The Labute approximate surface area is 172 Å². The van der Waals surface area contributed by atoms with E-state index in [1.165, 1.54) is 6.92 Å². The molecule has 3 rings (SSSR count). The summed E-state index contributed by atoms with van der Waals surface area (Å²) in [4.78, 5) is 29.1. The SMILES string of the molecule is C/C(=N/OCC(=O)O[C@@H](C)C(=O)Nc1ccccc1C#N)c1ccc2c(c1)OCO2. The molecule has 2 aromatic carbocycles. The van der Waals surface area contributed by atoms with Gasteiger partial charge in [0, 0.05) is 5.56 Å². The topological polar surface area (TPSA) is 119 Å². The normalized spacial score (nSPS) is 13.2. The molecule has 9 heteroatoms. The summed E-state index contributed by atoms with van der Waals surface area (Å²) in [7, 11) is 0. The number of nitriles is 1. The average Bonchev–Trinajstić information content (AvgIpc) is 3.21. The standard InChI is InChI=1S/C21H19N3O6/c1-13(15-7-8-18-19(9-15)28-12-27-18)24-29-11-20(25)30-14(2)21(26)23-17-6-4-3-5-16(17)10-22/h3-9,14H,11-12H2,1-2H3,(H,23,26)/b24-13-/t14-/m0/s1. The van der Waals surface area contributed by atoms with Crippen molar-refractivity contribution in [2.75, 3.05) is 18.7 Å². The van der Waals surface area contributed by atoms with Crippen molar-refractivity contribution in [3.8, 4) is 17.6 Å². The molecule has 0 fully saturated rings. The van der Waals surface area contributed by atoms with Crippen molar-refractivity contribution in [3.63, 3.8) is 0 Å². The van der Waals surface area contributed by atoms with Gasteiger partial charge < -0.3 is 24.4 Å². The molecule has 0 aliphatic carbocycles. The molecule has 0 spiro atoms. The minimum Gasteiger partial charge on any atom is -0.454 e. The number of hydrogen-bond acceptors (Lipinski definition) is 8. The van der Waals surface area contributed by atoms with Crippen molar-refractivity contribution >= 4 is 23.3 Å². The number of rotatable bonds is 7. The number of para-hydroxylation sites is 1. The van der Waals surface area contributed by atoms with Crippen LogP contribution in [0.5, 0.6) is 11.5 Å². The third-order valence-corrected chi connectivity index (χ3v) is 4.16. The van der Waals surface area contributed by atoms with Gasteiger partial charge >= 0.3 is 5.97 Å². The lowest BCUT2D eigenvalue weighted by molar-refractivity contribution is -0.157. The highest BCUT2D eigenvalue weighted by Gasteiger charge is 2.19. The van der Waals surface area contributed by atoms with E-state index >= 15 is 0 Å². The number of nitrogens with zero attached hydrogens (tertiary/aromatic N) is 2. The van der Waals surface area contributed by atoms with Gasteiger partial charge in [0.15, 0.2) is 17.6 Å². The number of ether oxygens (including phenoxy) is 3. The van der Waals surface area contributed by atoms with Gasteiger partial charge in [-0.05, 0) is 44.2 Å². The van der Waals surface area contributed by atoms with Gasteiger partial charge in [-0.2, -0.15) is 5.26 Å². The van der Waals surface area contributed by atoms with Crippen molar-refractivity contribution in [1.29, 1.82) is 5.26 Å². The van der Waals surface area contributed by atoms with Crippen LogP contribution < -0.4 is 14.8 Å². The third kappa shape index (κ3) is 5.05. The van der Waals surface area contributed by atoms with Gasteiger partial charge in [0.25, 0.3) is 5.91 Å². The molecule has 0 unspecified atom stereocenters. The zero-order chi connectivity index (χ0) is 21.5. The molecule has 9 nitrogen and oxygen atoms in total. The van der Waals surface area contributed by atoms with Gasteiger partial charge in [-0.15, -0.1) is 0 Å². The molecule has 0 saturated carbocycles. The Morgan fingerprint density at radius 1 is 1.23 bits per heavy atom. The smallest absolute Gasteiger partial charge is 0.347 e. The summed E-state index contributed by atoms with van der Waals surface area (Å²) in [5, 5.41) is 15.5. The molecule has 0 bridgehead atoms. The number of carbonyl (C=O) groups is 2. The Hall–Kier alpha value is -4.06. The summed E-state index contributed by atoms with van der Waals surface area (Å²) >= 11 is 0. The maximum Gasteiger partial charge on any atom is 0.347 e. The summed E-state index contributed by atoms with van der Waals surface area (Å²) in [5.41, 5.74) is 1.92. The molecule has 1 aliphatic rings. The van der Waals surface area contributed by atoms with Gasteiger partial charge in [-0.3, -0.25) is 4.79 Å². The van der Waals surface area contributed by atoms with Crippen molar-refractivity contribution in [2.24, 2.45) is 5.16 Å². The molecule has 0 radical (unpaired) electrons. The van der Waals surface area contributed by atoms with Crippen LogP contribution in [-0.2, 0) is 19.2 Å². The Bertz CT molecular complexity index is 1030. The van der Waals surface area contributed by atoms with Gasteiger partial charge in [0.05, 0.1) is 17.0 Å². The molecule has 1 N–H and O–H groups in total. The Morgan fingerprint density at radius 2 is 2.00 bits per heavy atom. The van der Waals surface area contributed by atoms with Crippen LogP contribution in [0.3, 0.4) is 0 Å². The number of carbonyl (C=O) groups excluding carboxylic acids is 2. The van der Waals surface area contributed by atoms with E-state index in [9.17, 15) is 9.59 Å². The molecule has 154 valence electrons. The summed E-state index contributed by atoms with van der Waals surface area (Å²) in [6, 6.07) is 13.8. The highest BCUT2D eigenvalue weighted by atomic mass is 16.7. The highest BCUT2D eigenvalue weighted by molar-refractivity contribution is 5.99. The average molecular weight is 409 g/mol. The van der Waals surface area contributed by atoms with Crippen LogP contribution in [0.1, 0.15) is 25.0 Å². The number of oxime groups is 1. The summed E-state index contributed by atoms with van der Waals surface area (Å²) in [5.74, 6) is -0.0560. The Kier molecular flexibility index (Phi) is 6.49. The lowest BCUT2D eigenvalue weighted by atomic mass is 10.1. The second-order valence-electron chi connectivity index (χ2n) is 6.30. The Balaban J connectivity index is 1.48. The van der Waals surface area contributed by atoms with Crippen molar-refractivity contribution in [2.45, 2.75) is 20.0 Å². The lowest BCUT2D eigenvalue weighted by Crippen LogP contribution is -2.31. The lowest BCUT2D eigenvalue weighted by Gasteiger charge is -2.13. The minimum atomic E-state index is -1.08. The quantitative estimate of drug-likeness (QED) is 0.424. The number of anilines is 1. The van der Waals surface area contributed by atoms with E-state index in [0.717, 1.165) is 5.56 Å². The fourth-order valence-corrected chi connectivity index (χ4v) is 2.56.